The maximum Gasteiger partial charge on any atom is 0.264 e. The van der Waals surface area contributed by atoms with Crippen LogP contribution in [0, 0.1) is 0 Å². The number of nitrogens with two attached hydrogens (primary N) is 1. The van der Waals surface area contributed by atoms with E-state index in [9.17, 15) is 9.90 Å². The second-order valence-electron chi connectivity index (χ2n) is 3.67. The number of amides is 1. The molecule has 0 radical (unpaired) electrons. The number of carbonyl (C=O) groups excluding carboxylic acids is 1. The van der Waals surface area contributed by atoms with Gasteiger partial charge in [-0.2, -0.15) is 0 Å². The molecule has 2 aromatic rings. The highest BCUT2D eigenvalue weighted by Gasteiger charge is 2.12. The summed E-state index contributed by atoms with van der Waals surface area (Å²) in [5.41, 5.74) is 6.88. The average Bonchev–Trinajstić information content (AvgIpc) is 2.90. The van der Waals surface area contributed by atoms with E-state index in [2.05, 4.69) is 14.9 Å². The fraction of sp³-hybridized carbons (Fsp3) is 0.182. The van der Waals surface area contributed by atoms with Crippen molar-refractivity contribution in [2.75, 3.05) is 12.3 Å². The third-order valence-electron chi connectivity index (χ3n) is 2.36. The first-order valence-corrected chi connectivity index (χ1v) is 6.03. The number of nitrogens with one attached hydrogen (secondary N) is 1. The number of nitrogens with zero attached hydrogens (tertiary/aromatic N) is 2. The zero-order valence-electron chi connectivity index (χ0n) is 9.41. The number of benzene rings is 1. The average molecular weight is 264 g/mol. The van der Waals surface area contributed by atoms with Crippen molar-refractivity contribution in [3.8, 4) is 0 Å². The molecule has 1 amide bonds. The summed E-state index contributed by atoms with van der Waals surface area (Å²) >= 11 is 1.01. The molecule has 2 rings (SSSR count). The molecule has 0 aliphatic rings. The Morgan fingerprint density at radius 3 is 2.78 bits per heavy atom. The van der Waals surface area contributed by atoms with Crippen molar-refractivity contribution in [3.05, 3.63) is 40.9 Å². The van der Waals surface area contributed by atoms with Gasteiger partial charge in [-0.3, -0.25) is 4.79 Å². The van der Waals surface area contributed by atoms with Gasteiger partial charge >= 0.3 is 0 Å². The van der Waals surface area contributed by atoms with Crippen molar-refractivity contribution < 1.29 is 9.90 Å². The molecule has 1 heterocycles. The third-order valence-corrected chi connectivity index (χ3v) is 3.03. The van der Waals surface area contributed by atoms with Crippen molar-refractivity contribution in [2.45, 2.75) is 6.10 Å². The van der Waals surface area contributed by atoms with Crippen LogP contribution in [0.2, 0.25) is 0 Å². The number of aliphatic hydroxyl groups is 1. The maximum atomic E-state index is 11.6. The molecule has 0 saturated carbocycles. The molecule has 7 heteroatoms. The lowest BCUT2D eigenvalue weighted by atomic mass is 10.1. The standard InChI is InChI=1S/C11H12N4O2S/c12-8-3-1-7(2-4-8)9(16)5-13-11(17)10-6-14-15-18-10/h1-4,6,9,16H,5,12H2,(H,13,17). The number of aliphatic hydroxyl groups excluding tert-OH is 1. The molecule has 0 saturated heterocycles. The summed E-state index contributed by atoms with van der Waals surface area (Å²) in [5.74, 6) is -0.292. The van der Waals surface area contributed by atoms with Gasteiger partial charge in [-0.25, -0.2) is 0 Å². The van der Waals surface area contributed by atoms with Gasteiger partial charge in [0.25, 0.3) is 5.91 Å². The van der Waals surface area contributed by atoms with Gasteiger partial charge < -0.3 is 16.2 Å². The maximum absolute atomic E-state index is 11.6. The summed E-state index contributed by atoms with van der Waals surface area (Å²) < 4.78 is 3.59. The predicted octanol–water partition coefficient (Wildman–Crippen LogP) is 0.584. The number of hydrogen-bond acceptors (Lipinski definition) is 6. The Morgan fingerprint density at radius 1 is 1.44 bits per heavy atom. The zero-order chi connectivity index (χ0) is 13.0. The molecule has 0 fully saturated rings. The normalized spacial score (nSPS) is 12.1. The molecular formula is C11H12N4O2S. The summed E-state index contributed by atoms with van der Waals surface area (Å²) in [4.78, 5) is 12.0. The minimum atomic E-state index is -0.768. The minimum absolute atomic E-state index is 0.126. The van der Waals surface area contributed by atoms with Gasteiger partial charge in [0.2, 0.25) is 0 Å². The van der Waals surface area contributed by atoms with Gasteiger partial charge in [0.05, 0.1) is 12.3 Å². The van der Waals surface area contributed by atoms with E-state index in [1.54, 1.807) is 24.3 Å². The highest BCUT2D eigenvalue weighted by molar-refractivity contribution is 7.07. The highest BCUT2D eigenvalue weighted by Crippen LogP contribution is 2.14. The van der Waals surface area contributed by atoms with Crippen LogP contribution in [0.25, 0.3) is 0 Å². The Kier molecular flexibility index (Phi) is 3.85. The van der Waals surface area contributed by atoms with E-state index < -0.39 is 6.10 Å². The van der Waals surface area contributed by atoms with Crippen molar-refractivity contribution in [2.24, 2.45) is 0 Å². The van der Waals surface area contributed by atoms with Gasteiger partial charge in [-0.15, -0.1) is 5.10 Å². The van der Waals surface area contributed by atoms with Gasteiger partial charge in [0.15, 0.2) is 0 Å². The molecule has 0 bridgehead atoms. The summed E-state index contributed by atoms with van der Waals surface area (Å²) in [6.07, 6.45) is 0.616. The second-order valence-corrected chi connectivity index (χ2v) is 4.46. The van der Waals surface area contributed by atoms with Crippen LogP contribution in [-0.2, 0) is 0 Å². The number of anilines is 1. The second kappa shape index (κ2) is 5.56. The lowest BCUT2D eigenvalue weighted by Crippen LogP contribution is -2.27. The molecule has 0 aliphatic carbocycles. The van der Waals surface area contributed by atoms with Crippen LogP contribution in [0.15, 0.2) is 30.5 Å². The molecular weight excluding hydrogens is 252 g/mol. The molecule has 1 aromatic carbocycles. The van der Waals surface area contributed by atoms with E-state index >= 15 is 0 Å². The van der Waals surface area contributed by atoms with Gasteiger partial charge in [0, 0.05) is 12.2 Å². The summed E-state index contributed by atoms with van der Waals surface area (Å²) in [5, 5.41) is 16.1. The van der Waals surface area contributed by atoms with Crippen molar-refractivity contribution in [3.63, 3.8) is 0 Å². The van der Waals surface area contributed by atoms with Gasteiger partial charge in [0.1, 0.15) is 4.88 Å². The Labute approximate surface area is 108 Å². The smallest absolute Gasteiger partial charge is 0.264 e. The lowest BCUT2D eigenvalue weighted by Gasteiger charge is -2.11. The molecule has 1 aromatic heterocycles. The van der Waals surface area contributed by atoms with E-state index in [0.29, 0.717) is 16.1 Å². The first-order valence-electron chi connectivity index (χ1n) is 5.26. The van der Waals surface area contributed by atoms with E-state index in [4.69, 9.17) is 5.73 Å². The first kappa shape index (κ1) is 12.5. The Morgan fingerprint density at radius 2 is 2.17 bits per heavy atom. The Bertz CT molecular complexity index is 512. The fourth-order valence-electron chi connectivity index (χ4n) is 1.38. The van der Waals surface area contributed by atoms with Gasteiger partial charge in [-0.05, 0) is 29.2 Å². The van der Waals surface area contributed by atoms with Crippen LogP contribution in [0.3, 0.4) is 0 Å². The molecule has 0 aliphatic heterocycles. The minimum Gasteiger partial charge on any atom is -0.399 e. The summed E-state index contributed by atoms with van der Waals surface area (Å²) in [7, 11) is 0. The summed E-state index contributed by atoms with van der Waals surface area (Å²) in [6.45, 7) is 0.126. The van der Waals surface area contributed by atoms with Crippen molar-refractivity contribution in [1.29, 1.82) is 0 Å². The number of aromatic nitrogens is 2. The van der Waals surface area contributed by atoms with Gasteiger partial charge in [-0.1, -0.05) is 16.6 Å². The van der Waals surface area contributed by atoms with Crippen LogP contribution in [0.5, 0.6) is 0 Å². The number of hydrogen-bond donors (Lipinski definition) is 3. The molecule has 94 valence electrons. The van der Waals surface area contributed by atoms with Crippen LogP contribution >= 0.6 is 11.5 Å². The lowest BCUT2D eigenvalue weighted by molar-refractivity contribution is 0.0920. The zero-order valence-corrected chi connectivity index (χ0v) is 10.2. The monoisotopic (exact) mass is 264 g/mol. The molecule has 6 nitrogen and oxygen atoms in total. The van der Waals surface area contributed by atoms with Crippen LogP contribution in [0.1, 0.15) is 21.3 Å². The number of rotatable bonds is 4. The van der Waals surface area contributed by atoms with Crippen molar-refractivity contribution in [1.82, 2.24) is 14.9 Å². The first-order chi connectivity index (χ1) is 8.66. The topological polar surface area (TPSA) is 101 Å². The molecule has 1 atom stereocenters. The highest BCUT2D eigenvalue weighted by atomic mass is 32.1. The van der Waals surface area contributed by atoms with E-state index in [-0.39, 0.29) is 12.5 Å². The SMILES string of the molecule is Nc1ccc(C(O)CNC(=O)c2cnns2)cc1. The largest absolute Gasteiger partial charge is 0.399 e. The van der Waals surface area contributed by atoms with E-state index in [1.807, 2.05) is 0 Å². The molecule has 0 spiro atoms. The third kappa shape index (κ3) is 3.02. The Balaban J connectivity index is 1.90. The molecule has 1 unspecified atom stereocenters. The van der Waals surface area contributed by atoms with E-state index in [0.717, 1.165) is 11.5 Å². The quantitative estimate of drug-likeness (QED) is 0.701. The predicted molar refractivity (Wildman–Crippen MR) is 68.1 cm³/mol. The molecule has 18 heavy (non-hydrogen) atoms. The molecule has 4 N–H and O–H groups in total. The fourth-order valence-corrected chi connectivity index (χ4v) is 1.81. The van der Waals surface area contributed by atoms with E-state index in [1.165, 1.54) is 6.20 Å². The summed E-state index contributed by atoms with van der Waals surface area (Å²) in [6, 6.07) is 6.85. The number of carbonyl (C=O) groups is 1. The van der Waals surface area contributed by atoms with Crippen LogP contribution in [-0.4, -0.2) is 27.1 Å². The number of nitrogen functional groups attached to an aromatic ring is 1. The van der Waals surface area contributed by atoms with Crippen LogP contribution in [0.4, 0.5) is 5.69 Å². The Hall–Kier alpha value is -1.99. The van der Waals surface area contributed by atoms with Crippen LogP contribution < -0.4 is 11.1 Å². The van der Waals surface area contributed by atoms with Crippen molar-refractivity contribution >= 4 is 23.1 Å².